The van der Waals surface area contributed by atoms with Crippen molar-refractivity contribution in [1.82, 2.24) is 0 Å². The SMILES string of the molecule is NCCCC[C@@H](N)c1cc(I)cc(I)c1O. The number of halogens is 2. The number of nitrogens with two attached hydrogens (primary N) is 2. The molecule has 0 bridgehead atoms. The van der Waals surface area contributed by atoms with Crippen LogP contribution in [0.15, 0.2) is 12.1 Å². The molecule has 0 amide bonds. The lowest BCUT2D eigenvalue weighted by Crippen LogP contribution is -2.12. The zero-order chi connectivity index (χ0) is 12.1. The Hall–Kier alpha value is 0.400. The number of hydrogen-bond acceptors (Lipinski definition) is 3. The monoisotopic (exact) mass is 446 g/mol. The first-order valence-electron chi connectivity index (χ1n) is 5.19. The summed E-state index contributed by atoms with van der Waals surface area (Å²) in [4.78, 5) is 0. The maximum atomic E-state index is 9.93. The van der Waals surface area contributed by atoms with Crippen LogP contribution in [0.1, 0.15) is 30.9 Å². The van der Waals surface area contributed by atoms with Crippen molar-refractivity contribution in [1.29, 1.82) is 0 Å². The fourth-order valence-electron chi connectivity index (χ4n) is 1.53. The zero-order valence-electron chi connectivity index (χ0n) is 8.92. The van der Waals surface area contributed by atoms with Gasteiger partial charge in [-0.3, -0.25) is 0 Å². The van der Waals surface area contributed by atoms with Crippen molar-refractivity contribution in [3.05, 3.63) is 24.8 Å². The van der Waals surface area contributed by atoms with E-state index >= 15 is 0 Å². The normalized spacial score (nSPS) is 12.8. The Bertz CT molecular complexity index is 358. The lowest BCUT2D eigenvalue weighted by molar-refractivity contribution is 0.452. The van der Waals surface area contributed by atoms with Gasteiger partial charge in [-0.15, -0.1) is 0 Å². The van der Waals surface area contributed by atoms with Crippen molar-refractivity contribution in [3.63, 3.8) is 0 Å². The predicted molar refractivity (Wildman–Crippen MR) is 83.4 cm³/mol. The van der Waals surface area contributed by atoms with Crippen molar-refractivity contribution >= 4 is 45.2 Å². The first-order chi connectivity index (χ1) is 7.56. The van der Waals surface area contributed by atoms with Gasteiger partial charge in [0.2, 0.25) is 0 Å². The Balaban J connectivity index is 2.78. The lowest BCUT2D eigenvalue weighted by atomic mass is 10.0. The first-order valence-corrected chi connectivity index (χ1v) is 7.35. The van der Waals surface area contributed by atoms with Crippen LogP contribution in [0.25, 0.3) is 0 Å². The largest absolute Gasteiger partial charge is 0.506 e. The molecule has 3 nitrogen and oxygen atoms in total. The van der Waals surface area contributed by atoms with Crippen molar-refractivity contribution in [2.24, 2.45) is 11.5 Å². The molecule has 0 fully saturated rings. The number of unbranched alkanes of at least 4 members (excludes halogenated alkanes) is 1. The number of phenols is 1. The van der Waals surface area contributed by atoms with Gasteiger partial charge in [-0.25, -0.2) is 0 Å². The first kappa shape index (κ1) is 14.5. The smallest absolute Gasteiger partial charge is 0.133 e. The molecule has 0 saturated carbocycles. The minimum absolute atomic E-state index is 0.102. The van der Waals surface area contributed by atoms with E-state index in [4.69, 9.17) is 11.5 Å². The highest BCUT2D eigenvalue weighted by atomic mass is 127. The summed E-state index contributed by atoms with van der Waals surface area (Å²) in [5.41, 5.74) is 12.3. The second-order valence-corrected chi connectivity index (χ2v) is 6.12. The van der Waals surface area contributed by atoms with Crippen LogP contribution in [0.4, 0.5) is 0 Å². The average Bonchev–Trinajstić information content (AvgIpc) is 2.23. The molecular formula is C11H16I2N2O. The summed E-state index contributed by atoms with van der Waals surface area (Å²) in [6.45, 7) is 0.697. The molecule has 1 aromatic rings. The average molecular weight is 446 g/mol. The van der Waals surface area contributed by atoms with Crippen LogP contribution in [0, 0.1) is 7.14 Å². The summed E-state index contributed by atoms with van der Waals surface area (Å²) >= 11 is 4.36. The standard InChI is InChI=1S/C11H16I2N2O/c12-7-5-8(11(16)9(13)6-7)10(15)3-1-2-4-14/h5-6,10,16H,1-4,14-15H2/t10-/m1/s1. The third-order valence-corrected chi connectivity index (χ3v) is 3.87. The van der Waals surface area contributed by atoms with Gasteiger partial charge < -0.3 is 16.6 Å². The van der Waals surface area contributed by atoms with Gasteiger partial charge in [0, 0.05) is 15.2 Å². The molecule has 0 aliphatic rings. The van der Waals surface area contributed by atoms with Crippen molar-refractivity contribution < 1.29 is 5.11 Å². The molecular weight excluding hydrogens is 430 g/mol. The Labute approximate surface area is 123 Å². The van der Waals surface area contributed by atoms with E-state index in [2.05, 4.69) is 45.2 Å². The van der Waals surface area contributed by atoms with E-state index in [0.717, 1.165) is 32.0 Å². The molecule has 0 aliphatic carbocycles. The lowest BCUT2D eigenvalue weighted by Gasteiger charge is -2.15. The molecule has 0 saturated heterocycles. The zero-order valence-corrected chi connectivity index (χ0v) is 13.2. The summed E-state index contributed by atoms with van der Waals surface area (Å²) in [5.74, 6) is 0.321. The van der Waals surface area contributed by atoms with Crippen LogP contribution in [-0.2, 0) is 0 Å². The van der Waals surface area contributed by atoms with Gasteiger partial charge in [-0.05, 0) is 76.7 Å². The number of rotatable bonds is 5. The van der Waals surface area contributed by atoms with E-state index in [9.17, 15) is 5.11 Å². The van der Waals surface area contributed by atoms with E-state index in [1.807, 2.05) is 12.1 Å². The van der Waals surface area contributed by atoms with E-state index in [0.29, 0.717) is 12.3 Å². The quantitative estimate of drug-likeness (QED) is 0.482. The Morgan fingerprint density at radius 3 is 2.56 bits per heavy atom. The summed E-state index contributed by atoms with van der Waals surface area (Å²) in [6.07, 6.45) is 2.84. The highest BCUT2D eigenvalue weighted by molar-refractivity contribution is 14.1. The summed E-state index contributed by atoms with van der Waals surface area (Å²) in [5, 5.41) is 9.93. The number of phenolic OH excluding ortho intramolecular Hbond substituents is 1. The molecule has 16 heavy (non-hydrogen) atoms. The minimum Gasteiger partial charge on any atom is -0.506 e. The van der Waals surface area contributed by atoms with Crippen LogP contribution in [-0.4, -0.2) is 11.7 Å². The Morgan fingerprint density at radius 1 is 1.25 bits per heavy atom. The summed E-state index contributed by atoms with van der Waals surface area (Å²) in [6, 6.07) is 3.78. The number of hydrogen-bond donors (Lipinski definition) is 3. The van der Waals surface area contributed by atoms with Gasteiger partial charge in [-0.2, -0.15) is 0 Å². The van der Waals surface area contributed by atoms with Gasteiger partial charge >= 0.3 is 0 Å². The molecule has 5 heteroatoms. The van der Waals surface area contributed by atoms with Gasteiger partial charge in [0.15, 0.2) is 0 Å². The van der Waals surface area contributed by atoms with Gasteiger partial charge in [0.05, 0.1) is 3.57 Å². The molecule has 0 heterocycles. The molecule has 0 aliphatic heterocycles. The molecule has 5 N–H and O–H groups in total. The molecule has 1 rings (SSSR count). The maximum Gasteiger partial charge on any atom is 0.133 e. The van der Waals surface area contributed by atoms with Crippen LogP contribution >= 0.6 is 45.2 Å². The number of aromatic hydroxyl groups is 1. The maximum absolute atomic E-state index is 9.93. The molecule has 0 radical (unpaired) electrons. The summed E-state index contributed by atoms with van der Waals surface area (Å²) in [7, 11) is 0. The van der Waals surface area contributed by atoms with Gasteiger partial charge in [-0.1, -0.05) is 6.42 Å². The third-order valence-electron chi connectivity index (χ3n) is 2.43. The van der Waals surface area contributed by atoms with E-state index in [1.165, 1.54) is 0 Å². The van der Waals surface area contributed by atoms with Gasteiger partial charge in [0.25, 0.3) is 0 Å². The third kappa shape index (κ3) is 4.01. The minimum atomic E-state index is -0.102. The number of benzene rings is 1. The van der Waals surface area contributed by atoms with E-state index in [1.54, 1.807) is 0 Å². The molecule has 0 aromatic heterocycles. The van der Waals surface area contributed by atoms with Crippen LogP contribution in [0.2, 0.25) is 0 Å². The van der Waals surface area contributed by atoms with Crippen LogP contribution < -0.4 is 11.5 Å². The molecule has 1 aromatic carbocycles. The van der Waals surface area contributed by atoms with Crippen molar-refractivity contribution in [3.8, 4) is 5.75 Å². The second kappa shape index (κ2) is 6.97. The van der Waals surface area contributed by atoms with Crippen molar-refractivity contribution in [2.45, 2.75) is 25.3 Å². The van der Waals surface area contributed by atoms with E-state index in [-0.39, 0.29) is 6.04 Å². The fraction of sp³-hybridized carbons (Fsp3) is 0.455. The van der Waals surface area contributed by atoms with Gasteiger partial charge in [0.1, 0.15) is 5.75 Å². The Morgan fingerprint density at radius 2 is 1.94 bits per heavy atom. The van der Waals surface area contributed by atoms with Crippen LogP contribution in [0.5, 0.6) is 5.75 Å². The van der Waals surface area contributed by atoms with E-state index < -0.39 is 0 Å². The Kier molecular flexibility index (Phi) is 6.30. The highest BCUT2D eigenvalue weighted by Gasteiger charge is 2.13. The fourth-order valence-corrected chi connectivity index (χ4v) is 3.42. The molecule has 0 spiro atoms. The topological polar surface area (TPSA) is 72.3 Å². The summed E-state index contributed by atoms with van der Waals surface area (Å²) < 4.78 is 1.96. The predicted octanol–water partition coefficient (Wildman–Crippen LogP) is 2.73. The molecule has 1 atom stereocenters. The molecule has 0 unspecified atom stereocenters. The van der Waals surface area contributed by atoms with Crippen molar-refractivity contribution in [2.75, 3.05) is 6.54 Å². The molecule has 90 valence electrons. The van der Waals surface area contributed by atoms with Crippen LogP contribution in [0.3, 0.4) is 0 Å². The highest BCUT2D eigenvalue weighted by Crippen LogP contribution is 2.32. The second-order valence-electron chi connectivity index (χ2n) is 3.72.